The first-order valence-corrected chi connectivity index (χ1v) is 8.18. The van der Waals surface area contributed by atoms with E-state index < -0.39 is 0 Å². The molecule has 0 radical (unpaired) electrons. The minimum atomic E-state index is -0.109. The summed E-state index contributed by atoms with van der Waals surface area (Å²) in [6.07, 6.45) is 0.755. The molecule has 0 aliphatic rings. The normalized spacial score (nSPS) is 10.4. The van der Waals surface area contributed by atoms with Crippen molar-refractivity contribution in [3.05, 3.63) is 58.9 Å². The van der Waals surface area contributed by atoms with Crippen molar-refractivity contribution in [2.24, 2.45) is 0 Å². The fraction of sp³-hybridized carbons (Fsp3) is 0.250. The van der Waals surface area contributed by atoms with E-state index in [0.29, 0.717) is 17.3 Å². The summed E-state index contributed by atoms with van der Waals surface area (Å²) >= 11 is 7.63. The Balaban J connectivity index is 1.83. The average molecular weight is 321 g/mol. The van der Waals surface area contributed by atoms with Crippen LogP contribution in [-0.2, 0) is 6.42 Å². The van der Waals surface area contributed by atoms with Gasteiger partial charge < -0.3 is 5.32 Å². The van der Waals surface area contributed by atoms with Crippen molar-refractivity contribution >= 4 is 29.3 Å². The fourth-order valence-corrected chi connectivity index (χ4v) is 2.83. The van der Waals surface area contributed by atoms with Gasteiger partial charge in [-0.3, -0.25) is 4.79 Å². The third kappa shape index (κ3) is 5.06. The van der Waals surface area contributed by atoms with Crippen LogP contribution in [0.5, 0.6) is 0 Å². The predicted molar refractivity (Wildman–Crippen MR) is 88.1 cm³/mol. The van der Waals surface area contributed by atoms with Gasteiger partial charge in [0.25, 0.3) is 5.91 Å². The molecule has 1 N–H and O–H groups in total. The number of aryl methyl sites for hydroxylation is 1. The molecule has 110 valence electrons. The van der Waals surface area contributed by atoms with Crippen LogP contribution in [0.3, 0.4) is 0 Å². The van der Waals surface area contributed by atoms with E-state index in [4.69, 9.17) is 11.6 Å². The molecule has 1 aromatic carbocycles. The van der Waals surface area contributed by atoms with Crippen LogP contribution in [-0.4, -0.2) is 23.2 Å². The zero-order valence-corrected chi connectivity index (χ0v) is 13.4. The molecule has 0 bridgehead atoms. The lowest BCUT2D eigenvalue weighted by molar-refractivity contribution is 0.0956. The molecule has 0 saturated heterocycles. The molecule has 0 saturated carbocycles. The highest BCUT2D eigenvalue weighted by atomic mass is 35.5. The molecule has 0 fully saturated rings. The van der Waals surface area contributed by atoms with Gasteiger partial charge in [0.1, 0.15) is 5.15 Å². The molecule has 0 spiro atoms. The Morgan fingerprint density at radius 3 is 2.76 bits per heavy atom. The summed E-state index contributed by atoms with van der Waals surface area (Å²) in [6, 6.07) is 13.5. The number of pyridine rings is 1. The topological polar surface area (TPSA) is 42.0 Å². The molecule has 2 rings (SSSR count). The van der Waals surface area contributed by atoms with Gasteiger partial charge in [-0.2, -0.15) is 0 Å². The number of carbonyl (C=O) groups is 1. The lowest BCUT2D eigenvalue weighted by Gasteiger charge is -2.07. The maximum atomic E-state index is 12.1. The van der Waals surface area contributed by atoms with E-state index in [2.05, 4.69) is 22.4 Å². The Morgan fingerprint density at radius 1 is 1.29 bits per heavy atom. The average Bonchev–Trinajstić information content (AvgIpc) is 2.51. The lowest BCUT2D eigenvalue weighted by atomic mass is 10.2. The van der Waals surface area contributed by atoms with Crippen LogP contribution in [0, 0.1) is 0 Å². The zero-order valence-electron chi connectivity index (χ0n) is 11.8. The number of halogens is 1. The Bertz CT molecular complexity index is 604. The molecule has 2 aromatic rings. The smallest absolute Gasteiger partial charge is 0.251 e. The second-order valence-corrected chi connectivity index (χ2v) is 6.00. The number of hydrogen-bond acceptors (Lipinski definition) is 3. The Morgan fingerprint density at radius 2 is 2.05 bits per heavy atom. The molecule has 0 aliphatic heterocycles. The number of nitrogens with one attached hydrogen (secondary N) is 1. The molecule has 0 unspecified atom stereocenters. The van der Waals surface area contributed by atoms with E-state index in [1.54, 1.807) is 23.9 Å². The number of hydrogen-bond donors (Lipinski definition) is 1. The molecule has 5 heteroatoms. The second-order valence-electron chi connectivity index (χ2n) is 4.44. The number of thioether (sulfide) groups is 1. The van der Waals surface area contributed by atoms with Crippen LogP contribution in [0.1, 0.15) is 23.0 Å². The SMILES string of the molecule is CCc1cc(C(=O)NCCSc2ccccc2)cc(Cl)n1. The minimum Gasteiger partial charge on any atom is -0.351 e. The highest BCUT2D eigenvalue weighted by molar-refractivity contribution is 7.99. The standard InChI is InChI=1S/C16H17ClN2OS/c1-2-13-10-12(11-15(17)19-13)16(20)18-8-9-21-14-6-4-3-5-7-14/h3-7,10-11H,2,8-9H2,1H3,(H,18,20). The lowest BCUT2D eigenvalue weighted by Crippen LogP contribution is -2.26. The summed E-state index contributed by atoms with van der Waals surface area (Å²) < 4.78 is 0. The Kier molecular flexibility index (Phi) is 6.08. The third-order valence-corrected chi connectivity index (χ3v) is 4.08. The van der Waals surface area contributed by atoms with Crippen LogP contribution in [0.4, 0.5) is 0 Å². The molecule has 3 nitrogen and oxygen atoms in total. The number of carbonyl (C=O) groups excluding carboxylic acids is 1. The number of nitrogens with zero attached hydrogens (tertiary/aromatic N) is 1. The van der Waals surface area contributed by atoms with Gasteiger partial charge in [0.15, 0.2) is 0 Å². The van der Waals surface area contributed by atoms with Gasteiger partial charge in [-0.1, -0.05) is 36.7 Å². The largest absolute Gasteiger partial charge is 0.351 e. The summed E-state index contributed by atoms with van der Waals surface area (Å²) in [5.41, 5.74) is 1.39. The van der Waals surface area contributed by atoms with E-state index >= 15 is 0 Å². The van der Waals surface area contributed by atoms with Gasteiger partial charge in [0, 0.05) is 28.5 Å². The molecule has 1 aromatic heterocycles. The van der Waals surface area contributed by atoms with Crippen molar-refractivity contribution < 1.29 is 4.79 Å². The van der Waals surface area contributed by atoms with Gasteiger partial charge in [0.2, 0.25) is 0 Å². The first kappa shape index (κ1) is 15.9. The highest BCUT2D eigenvalue weighted by Gasteiger charge is 2.08. The Hall–Kier alpha value is -1.52. The Labute approximate surface area is 134 Å². The van der Waals surface area contributed by atoms with Crippen LogP contribution in [0.15, 0.2) is 47.4 Å². The van der Waals surface area contributed by atoms with Crippen molar-refractivity contribution in [2.75, 3.05) is 12.3 Å². The number of rotatable bonds is 6. The van der Waals surface area contributed by atoms with Crippen molar-refractivity contribution in [1.82, 2.24) is 10.3 Å². The van der Waals surface area contributed by atoms with Crippen molar-refractivity contribution in [3.8, 4) is 0 Å². The number of amides is 1. The predicted octanol–water partition coefficient (Wildman–Crippen LogP) is 3.82. The summed E-state index contributed by atoms with van der Waals surface area (Å²) in [6.45, 7) is 2.59. The highest BCUT2D eigenvalue weighted by Crippen LogP contribution is 2.16. The van der Waals surface area contributed by atoms with E-state index in [0.717, 1.165) is 17.9 Å². The molecule has 21 heavy (non-hydrogen) atoms. The minimum absolute atomic E-state index is 0.109. The quantitative estimate of drug-likeness (QED) is 0.500. The van der Waals surface area contributed by atoms with Crippen LogP contribution >= 0.6 is 23.4 Å². The molecule has 0 aliphatic carbocycles. The van der Waals surface area contributed by atoms with Crippen LogP contribution in [0.25, 0.3) is 0 Å². The van der Waals surface area contributed by atoms with E-state index in [1.807, 2.05) is 25.1 Å². The van der Waals surface area contributed by atoms with Crippen molar-refractivity contribution in [2.45, 2.75) is 18.2 Å². The van der Waals surface area contributed by atoms with Gasteiger partial charge in [-0.15, -0.1) is 11.8 Å². The molecular weight excluding hydrogens is 304 g/mol. The van der Waals surface area contributed by atoms with Gasteiger partial charge in [0.05, 0.1) is 0 Å². The van der Waals surface area contributed by atoms with Crippen LogP contribution in [0.2, 0.25) is 5.15 Å². The number of benzene rings is 1. The maximum absolute atomic E-state index is 12.1. The van der Waals surface area contributed by atoms with Gasteiger partial charge in [-0.05, 0) is 30.7 Å². The van der Waals surface area contributed by atoms with Crippen molar-refractivity contribution in [1.29, 1.82) is 0 Å². The van der Waals surface area contributed by atoms with Gasteiger partial charge in [-0.25, -0.2) is 4.98 Å². The van der Waals surface area contributed by atoms with E-state index in [-0.39, 0.29) is 5.91 Å². The first-order valence-electron chi connectivity index (χ1n) is 6.81. The summed E-state index contributed by atoms with van der Waals surface area (Å²) in [5.74, 6) is 0.720. The third-order valence-electron chi connectivity index (χ3n) is 2.87. The zero-order chi connectivity index (χ0) is 15.1. The first-order chi connectivity index (χ1) is 10.2. The summed E-state index contributed by atoms with van der Waals surface area (Å²) in [5, 5.41) is 3.26. The van der Waals surface area contributed by atoms with E-state index in [1.165, 1.54) is 4.90 Å². The molecule has 1 heterocycles. The summed E-state index contributed by atoms with van der Waals surface area (Å²) in [4.78, 5) is 17.4. The fourth-order valence-electron chi connectivity index (χ4n) is 1.82. The van der Waals surface area contributed by atoms with E-state index in [9.17, 15) is 4.79 Å². The molecular formula is C16H17ClN2OS. The summed E-state index contributed by atoms with van der Waals surface area (Å²) in [7, 11) is 0. The maximum Gasteiger partial charge on any atom is 0.251 e. The van der Waals surface area contributed by atoms with Crippen LogP contribution < -0.4 is 5.32 Å². The van der Waals surface area contributed by atoms with Crippen molar-refractivity contribution in [3.63, 3.8) is 0 Å². The monoisotopic (exact) mass is 320 g/mol. The number of aromatic nitrogens is 1. The van der Waals surface area contributed by atoms with Gasteiger partial charge >= 0.3 is 0 Å². The molecule has 1 amide bonds. The second kappa shape index (κ2) is 8.05. The molecule has 0 atom stereocenters.